The third-order valence-corrected chi connectivity index (χ3v) is 5.14. The number of rotatable bonds is 4. The van der Waals surface area contributed by atoms with Crippen LogP contribution in [-0.4, -0.2) is 31.1 Å². The van der Waals surface area contributed by atoms with Gasteiger partial charge in [0.25, 0.3) is 0 Å². The highest BCUT2D eigenvalue weighted by atomic mass is 35.5. The number of alkyl halides is 3. The Morgan fingerprint density at radius 1 is 1.15 bits per heavy atom. The normalized spacial score (nSPS) is 20.7. The maximum Gasteiger partial charge on any atom is 0.419 e. The summed E-state index contributed by atoms with van der Waals surface area (Å²) in [5, 5.41) is 2.89. The van der Waals surface area contributed by atoms with E-state index >= 15 is 0 Å². The largest absolute Gasteiger partial charge is 0.419 e. The number of quaternary nitrogens is 1. The predicted molar refractivity (Wildman–Crippen MR) is 92.5 cm³/mol. The van der Waals surface area contributed by atoms with Crippen LogP contribution in [0.5, 0.6) is 0 Å². The SMILES string of the molecule is CN(Cc1ccc(C(F)(F)F)c(F)c1)C1C[NH2+]CC1c1cccc(Cl)c1. The second-order valence-corrected chi connectivity index (χ2v) is 7.15. The summed E-state index contributed by atoms with van der Waals surface area (Å²) < 4.78 is 51.9. The molecule has 2 aromatic rings. The summed E-state index contributed by atoms with van der Waals surface area (Å²) in [6, 6.07) is 11.1. The van der Waals surface area contributed by atoms with Crippen molar-refractivity contribution >= 4 is 11.6 Å². The van der Waals surface area contributed by atoms with E-state index in [1.165, 1.54) is 6.07 Å². The van der Waals surface area contributed by atoms with Crippen molar-refractivity contribution in [1.82, 2.24) is 4.90 Å². The lowest BCUT2D eigenvalue weighted by atomic mass is 9.93. The molecule has 3 rings (SSSR count). The molecular weight excluding hydrogens is 368 g/mol. The Kier molecular flexibility index (Phi) is 5.55. The van der Waals surface area contributed by atoms with Gasteiger partial charge in [0, 0.05) is 11.6 Å². The van der Waals surface area contributed by atoms with Gasteiger partial charge in [-0.2, -0.15) is 13.2 Å². The molecule has 26 heavy (non-hydrogen) atoms. The second kappa shape index (κ2) is 7.55. The van der Waals surface area contributed by atoms with E-state index in [0.717, 1.165) is 30.8 Å². The van der Waals surface area contributed by atoms with E-state index in [0.29, 0.717) is 17.1 Å². The third kappa shape index (κ3) is 4.19. The van der Waals surface area contributed by atoms with Crippen molar-refractivity contribution in [2.24, 2.45) is 0 Å². The third-order valence-electron chi connectivity index (χ3n) is 4.91. The first-order valence-corrected chi connectivity index (χ1v) is 8.76. The summed E-state index contributed by atoms with van der Waals surface area (Å²) in [7, 11) is 1.91. The van der Waals surface area contributed by atoms with E-state index < -0.39 is 17.6 Å². The van der Waals surface area contributed by atoms with Crippen LogP contribution < -0.4 is 5.32 Å². The minimum atomic E-state index is -4.67. The first-order valence-electron chi connectivity index (χ1n) is 8.38. The minimum Gasteiger partial charge on any atom is -0.344 e. The zero-order chi connectivity index (χ0) is 18.9. The first-order chi connectivity index (χ1) is 12.3. The number of likely N-dealkylation sites (N-methyl/N-ethyl adjacent to an activating group) is 1. The lowest BCUT2D eigenvalue weighted by Crippen LogP contribution is -2.82. The van der Waals surface area contributed by atoms with Crippen LogP contribution in [0.3, 0.4) is 0 Å². The molecule has 2 N–H and O–H groups in total. The average molecular weight is 388 g/mol. The van der Waals surface area contributed by atoms with Gasteiger partial charge in [0.05, 0.1) is 30.6 Å². The molecule has 2 aromatic carbocycles. The Balaban J connectivity index is 1.75. The van der Waals surface area contributed by atoms with Gasteiger partial charge in [0.15, 0.2) is 0 Å². The van der Waals surface area contributed by atoms with Gasteiger partial charge in [-0.15, -0.1) is 0 Å². The van der Waals surface area contributed by atoms with E-state index in [4.69, 9.17) is 11.6 Å². The molecule has 1 aliphatic heterocycles. The zero-order valence-electron chi connectivity index (χ0n) is 14.2. The number of hydrogen-bond donors (Lipinski definition) is 1. The van der Waals surface area contributed by atoms with Gasteiger partial charge in [-0.05, 0) is 42.4 Å². The van der Waals surface area contributed by atoms with Crippen LogP contribution in [0.1, 0.15) is 22.6 Å². The standard InChI is InChI=1S/C19H19ClF4N2/c1-26(11-12-5-6-16(17(21)7-12)19(22,23)24)18-10-25-9-15(18)13-3-2-4-14(20)8-13/h2-8,15,18,25H,9-11H2,1H3/p+1. The van der Waals surface area contributed by atoms with E-state index in [-0.39, 0.29) is 12.0 Å². The highest BCUT2D eigenvalue weighted by Crippen LogP contribution is 2.32. The van der Waals surface area contributed by atoms with Crippen LogP contribution >= 0.6 is 11.6 Å². The number of nitrogens with two attached hydrogens (primary N) is 1. The molecule has 0 aliphatic carbocycles. The molecule has 7 heteroatoms. The Labute approximate surface area is 154 Å². The number of benzene rings is 2. The van der Waals surface area contributed by atoms with E-state index in [1.54, 1.807) is 0 Å². The molecular formula is C19H20ClF4N2+. The van der Waals surface area contributed by atoms with Crippen molar-refractivity contribution in [1.29, 1.82) is 0 Å². The van der Waals surface area contributed by atoms with Crippen LogP contribution in [0.2, 0.25) is 5.02 Å². The van der Waals surface area contributed by atoms with E-state index in [9.17, 15) is 17.6 Å². The Morgan fingerprint density at radius 3 is 2.58 bits per heavy atom. The van der Waals surface area contributed by atoms with Gasteiger partial charge in [-0.1, -0.05) is 29.8 Å². The van der Waals surface area contributed by atoms with E-state index in [2.05, 4.69) is 10.2 Å². The van der Waals surface area contributed by atoms with Gasteiger partial charge >= 0.3 is 6.18 Å². The Bertz CT molecular complexity index is 778. The fraction of sp³-hybridized carbons (Fsp3) is 0.368. The molecule has 0 aromatic heterocycles. The van der Waals surface area contributed by atoms with Crippen molar-refractivity contribution in [3.63, 3.8) is 0 Å². The van der Waals surface area contributed by atoms with Gasteiger partial charge in [-0.25, -0.2) is 4.39 Å². The highest BCUT2D eigenvalue weighted by Gasteiger charge is 2.36. The lowest BCUT2D eigenvalue weighted by Gasteiger charge is -2.27. The zero-order valence-corrected chi connectivity index (χ0v) is 15.0. The maximum absolute atomic E-state index is 13.8. The monoisotopic (exact) mass is 387 g/mol. The average Bonchev–Trinajstić information content (AvgIpc) is 3.03. The van der Waals surface area contributed by atoms with Crippen molar-refractivity contribution in [2.45, 2.75) is 24.7 Å². The Hall–Kier alpha value is -1.63. The quantitative estimate of drug-likeness (QED) is 0.794. The molecule has 0 saturated carbocycles. The smallest absolute Gasteiger partial charge is 0.344 e. The summed E-state index contributed by atoms with van der Waals surface area (Å²) in [5.74, 6) is -0.967. The van der Waals surface area contributed by atoms with Crippen LogP contribution in [0.25, 0.3) is 0 Å². The van der Waals surface area contributed by atoms with Crippen LogP contribution in [-0.2, 0) is 12.7 Å². The lowest BCUT2D eigenvalue weighted by molar-refractivity contribution is -0.638. The summed E-state index contributed by atoms with van der Waals surface area (Å²) in [5.41, 5.74) is 0.436. The summed E-state index contributed by atoms with van der Waals surface area (Å²) in [6.07, 6.45) is -4.67. The molecule has 140 valence electrons. The fourth-order valence-corrected chi connectivity index (χ4v) is 3.84. The summed E-state index contributed by atoms with van der Waals surface area (Å²) in [4.78, 5) is 2.07. The Morgan fingerprint density at radius 2 is 1.92 bits per heavy atom. The second-order valence-electron chi connectivity index (χ2n) is 6.72. The molecule has 0 amide bonds. The van der Waals surface area contributed by atoms with Crippen molar-refractivity contribution < 1.29 is 22.9 Å². The molecule has 2 nitrogen and oxygen atoms in total. The predicted octanol–water partition coefficient (Wildman–Crippen LogP) is 3.66. The molecule has 0 radical (unpaired) electrons. The van der Waals surface area contributed by atoms with Crippen LogP contribution in [0, 0.1) is 5.82 Å². The van der Waals surface area contributed by atoms with Crippen molar-refractivity contribution in [3.05, 3.63) is 70.0 Å². The topological polar surface area (TPSA) is 19.9 Å². The van der Waals surface area contributed by atoms with E-state index in [1.807, 2.05) is 31.3 Å². The van der Waals surface area contributed by atoms with Crippen LogP contribution in [0.4, 0.5) is 17.6 Å². The molecule has 0 spiro atoms. The van der Waals surface area contributed by atoms with Crippen molar-refractivity contribution in [2.75, 3.05) is 20.1 Å². The number of halogens is 5. The molecule has 0 bridgehead atoms. The number of nitrogens with zero attached hydrogens (tertiary/aromatic N) is 1. The minimum absolute atomic E-state index is 0.193. The molecule has 1 saturated heterocycles. The molecule has 1 aliphatic rings. The first kappa shape index (κ1) is 19.1. The summed E-state index contributed by atoms with van der Waals surface area (Å²) in [6.45, 7) is 2.16. The highest BCUT2D eigenvalue weighted by molar-refractivity contribution is 6.30. The van der Waals surface area contributed by atoms with Gasteiger partial charge in [-0.3, -0.25) is 4.90 Å². The molecule has 1 fully saturated rings. The molecule has 2 unspecified atom stereocenters. The van der Waals surface area contributed by atoms with Gasteiger partial charge in [0.2, 0.25) is 0 Å². The van der Waals surface area contributed by atoms with Gasteiger partial charge < -0.3 is 5.32 Å². The molecule has 1 heterocycles. The fourth-order valence-electron chi connectivity index (χ4n) is 3.64. The number of hydrogen-bond acceptors (Lipinski definition) is 1. The van der Waals surface area contributed by atoms with Crippen LogP contribution in [0.15, 0.2) is 42.5 Å². The van der Waals surface area contributed by atoms with Crippen molar-refractivity contribution in [3.8, 4) is 0 Å². The summed E-state index contributed by atoms with van der Waals surface area (Å²) >= 11 is 6.09. The molecule has 2 atom stereocenters. The van der Waals surface area contributed by atoms with Gasteiger partial charge in [0.1, 0.15) is 5.82 Å². The maximum atomic E-state index is 13.8.